The van der Waals surface area contributed by atoms with Crippen molar-refractivity contribution < 1.29 is 8.83 Å². The molecule has 0 bridgehead atoms. The standard InChI is InChI=1S/C48H28N4O2/c1-3-12-30(13-4-1)45-50-46(31-24-22-29(23-25-31)38-26-33-16-7-8-17-34(33)35-18-9-10-19-36(35)38)52-47(51-45)37-20-11-21-41-44(37)39-27-40-43(28-42(39)53-41)54-48(49-40)32-14-5-2-6-15-32/h1-28H. The van der Waals surface area contributed by atoms with Crippen molar-refractivity contribution in [3.63, 3.8) is 0 Å². The SMILES string of the molecule is c1ccc(-c2nc(-c3ccc(-c4cc5ccccc5c5ccccc45)cc3)nc(-c3cccc4oc5cc6oc(-c7ccccc7)nc6cc5c34)n2)cc1. The summed E-state index contributed by atoms with van der Waals surface area (Å²) in [5.41, 5.74) is 8.72. The van der Waals surface area contributed by atoms with Crippen LogP contribution in [0.4, 0.5) is 0 Å². The Hall–Kier alpha value is -7.44. The number of aromatic nitrogens is 4. The maximum absolute atomic E-state index is 6.42. The summed E-state index contributed by atoms with van der Waals surface area (Å²) >= 11 is 0. The zero-order valence-corrected chi connectivity index (χ0v) is 28.8. The molecule has 11 rings (SSSR count). The fraction of sp³-hybridized carbons (Fsp3) is 0. The lowest BCUT2D eigenvalue weighted by molar-refractivity contribution is 0.617. The number of hydrogen-bond acceptors (Lipinski definition) is 6. The third-order valence-corrected chi connectivity index (χ3v) is 10.2. The minimum absolute atomic E-state index is 0.557. The fourth-order valence-corrected chi connectivity index (χ4v) is 7.57. The molecule has 8 aromatic carbocycles. The maximum atomic E-state index is 6.42. The van der Waals surface area contributed by atoms with Gasteiger partial charge in [-0.2, -0.15) is 0 Å². The molecule has 3 heterocycles. The lowest BCUT2D eigenvalue weighted by Gasteiger charge is -2.12. The van der Waals surface area contributed by atoms with Crippen LogP contribution in [-0.2, 0) is 0 Å². The Labute approximate surface area is 309 Å². The number of nitrogens with zero attached hydrogens (tertiary/aromatic N) is 4. The molecule has 0 aliphatic carbocycles. The van der Waals surface area contributed by atoms with Crippen molar-refractivity contribution in [2.75, 3.05) is 0 Å². The average Bonchev–Trinajstić information content (AvgIpc) is 3.83. The van der Waals surface area contributed by atoms with Crippen LogP contribution < -0.4 is 0 Å². The van der Waals surface area contributed by atoms with Crippen LogP contribution in [0.15, 0.2) is 179 Å². The average molecular weight is 693 g/mol. The van der Waals surface area contributed by atoms with E-state index in [1.807, 2.05) is 91.0 Å². The van der Waals surface area contributed by atoms with E-state index in [2.05, 4.69) is 78.9 Å². The van der Waals surface area contributed by atoms with Gasteiger partial charge < -0.3 is 8.83 Å². The summed E-state index contributed by atoms with van der Waals surface area (Å²) in [6, 6.07) is 57.9. The van der Waals surface area contributed by atoms with Gasteiger partial charge in [0.25, 0.3) is 0 Å². The number of hydrogen-bond donors (Lipinski definition) is 0. The van der Waals surface area contributed by atoms with Crippen LogP contribution >= 0.6 is 0 Å². The highest BCUT2D eigenvalue weighted by atomic mass is 16.4. The van der Waals surface area contributed by atoms with E-state index in [0.29, 0.717) is 34.5 Å². The molecule has 0 saturated carbocycles. The van der Waals surface area contributed by atoms with Crippen LogP contribution in [-0.4, -0.2) is 19.9 Å². The second-order valence-electron chi connectivity index (χ2n) is 13.4. The van der Waals surface area contributed by atoms with Crippen LogP contribution in [0.1, 0.15) is 0 Å². The predicted octanol–water partition coefficient (Wildman–Crippen LogP) is 12.6. The highest BCUT2D eigenvalue weighted by Gasteiger charge is 2.20. The molecule has 11 aromatic rings. The third kappa shape index (κ3) is 4.96. The molecule has 0 atom stereocenters. The van der Waals surface area contributed by atoms with Crippen molar-refractivity contribution in [1.82, 2.24) is 19.9 Å². The molecule has 0 saturated heterocycles. The first-order valence-corrected chi connectivity index (χ1v) is 17.9. The zero-order chi connectivity index (χ0) is 35.6. The number of benzene rings is 8. The highest BCUT2D eigenvalue weighted by molar-refractivity contribution is 6.15. The van der Waals surface area contributed by atoms with Gasteiger partial charge in [-0.1, -0.05) is 133 Å². The molecule has 6 heteroatoms. The van der Waals surface area contributed by atoms with Crippen molar-refractivity contribution in [3.05, 3.63) is 170 Å². The van der Waals surface area contributed by atoms with Gasteiger partial charge >= 0.3 is 0 Å². The summed E-state index contributed by atoms with van der Waals surface area (Å²) < 4.78 is 12.6. The van der Waals surface area contributed by atoms with E-state index in [1.54, 1.807) is 0 Å². The smallest absolute Gasteiger partial charge is 0.227 e. The molecule has 54 heavy (non-hydrogen) atoms. The van der Waals surface area contributed by atoms with E-state index in [-0.39, 0.29) is 0 Å². The number of furan rings is 1. The highest BCUT2D eigenvalue weighted by Crippen LogP contribution is 2.40. The third-order valence-electron chi connectivity index (χ3n) is 10.2. The quantitative estimate of drug-likeness (QED) is 0.167. The molecule has 6 nitrogen and oxygen atoms in total. The van der Waals surface area contributed by atoms with Gasteiger partial charge in [-0.3, -0.25) is 0 Å². The molecule has 3 aromatic heterocycles. The second-order valence-corrected chi connectivity index (χ2v) is 13.4. The maximum Gasteiger partial charge on any atom is 0.227 e. The van der Waals surface area contributed by atoms with Gasteiger partial charge in [0.05, 0.1) is 0 Å². The van der Waals surface area contributed by atoms with E-state index < -0.39 is 0 Å². The Balaban J connectivity index is 1.06. The molecule has 0 unspecified atom stereocenters. The van der Waals surface area contributed by atoms with Gasteiger partial charge in [0, 0.05) is 39.1 Å². The summed E-state index contributed by atoms with van der Waals surface area (Å²) in [4.78, 5) is 20.1. The van der Waals surface area contributed by atoms with E-state index in [1.165, 1.54) is 27.1 Å². The first-order chi connectivity index (χ1) is 26.7. The van der Waals surface area contributed by atoms with Gasteiger partial charge in [0.15, 0.2) is 23.1 Å². The number of fused-ring (bicyclic) bond motifs is 7. The van der Waals surface area contributed by atoms with Crippen LogP contribution in [0, 0.1) is 0 Å². The van der Waals surface area contributed by atoms with Gasteiger partial charge in [0.1, 0.15) is 16.7 Å². The van der Waals surface area contributed by atoms with Crippen molar-refractivity contribution >= 4 is 54.6 Å². The van der Waals surface area contributed by atoms with Gasteiger partial charge in [0.2, 0.25) is 5.89 Å². The van der Waals surface area contributed by atoms with E-state index >= 15 is 0 Å². The number of oxazole rings is 1. The first-order valence-electron chi connectivity index (χ1n) is 17.9. The largest absolute Gasteiger partial charge is 0.456 e. The van der Waals surface area contributed by atoms with Crippen LogP contribution in [0.2, 0.25) is 0 Å². The minimum atomic E-state index is 0.557. The van der Waals surface area contributed by atoms with Crippen molar-refractivity contribution in [1.29, 1.82) is 0 Å². The Morgan fingerprint density at radius 1 is 0.333 bits per heavy atom. The zero-order valence-electron chi connectivity index (χ0n) is 28.8. The number of rotatable bonds is 5. The summed E-state index contributed by atoms with van der Waals surface area (Å²) in [7, 11) is 0. The molecule has 252 valence electrons. The topological polar surface area (TPSA) is 77.8 Å². The summed E-state index contributed by atoms with van der Waals surface area (Å²) in [6.45, 7) is 0. The lowest BCUT2D eigenvalue weighted by Crippen LogP contribution is -2.00. The van der Waals surface area contributed by atoms with Gasteiger partial charge in [-0.15, -0.1) is 0 Å². The molecule has 0 radical (unpaired) electrons. The Morgan fingerprint density at radius 3 is 1.74 bits per heavy atom. The Kier molecular flexibility index (Phi) is 6.75. The molecule has 0 fully saturated rings. The molecular weight excluding hydrogens is 665 g/mol. The molecule has 0 aliphatic heterocycles. The second kappa shape index (κ2) is 12.1. The van der Waals surface area contributed by atoms with E-state index in [0.717, 1.165) is 49.7 Å². The summed E-state index contributed by atoms with van der Waals surface area (Å²) in [5, 5.41) is 6.75. The normalized spacial score (nSPS) is 11.7. The summed E-state index contributed by atoms with van der Waals surface area (Å²) in [6.07, 6.45) is 0. The van der Waals surface area contributed by atoms with Crippen molar-refractivity contribution in [2.45, 2.75) is 0 Å². The van der Waals surface area contributed by atoms with E-state index in [9.17, 15) is 0 Å². The molecule has 0 amide bonds. The van der Waals surface area contributed by atoms with Crippen LogP contribution in [0.3, 0.4) is 0 Å². The summed E-state index contributed by atoms with van der Waals surface area (Å²) in [5.74, 6) is 2.31. The van der Waals surface area contributed by atoms with Crippen molar-refractivity contribution in [3.8, 4) is 56.7 Å². The Bertz CT molecular complexity index is 3200. The van der Waals surface area contributed by atoms with Crippen LogP contribution in [0.5, 0.6) is 0 Å². The first kappa shape index (κ1) is 30.2. The monoisotopic (exact) mass is 692 g/mol. The Morgan fingerprint density at radius 2 is 0.963 bits per heavy atom. The molecular formula is C48H28N4O2. The molecule has 0 N–H and O–H groups in total. The van der Waals surface area contributed by atoms with Gasteiger partial charge in [-0.05, 0) is 63.0 Å². The minimum Gasteiger partial charge on any atom is -0.456 e. The van der Waals surface area contributed by atoms with Gasteiger partial charge in [-0.25, -0.2) is 19.9 Å². The lowest BCUT2D eigenvalue weighted by atomic mass is 9.93. The van der Waals surface area contributed by atoms with E-state index in [4.69, 9.17) is 28.8 Å². The van der Waals surface area contributed by atoms with Crippen molar-refractivity contribution in [2.24, 2.45) is 0 Å². The fourth-order valence-electron chi connectivity index (χ4n) is 7.57. The van der Waals surface area contributed by atoms with Crippen LogP contribution in [0.25, 0.3) is 111 Å². The molecule has 0 aliphatic rings. The predicted molar refractivity (Wildman–Crippen MR) is 217 cm³/mol. The molecule has 0 spiro atoms.